The second kappa shape index (κ2) is 5.93. The van der Waals surface area contributed by atoms with Crippen molar-refractivity contribution in [1.82, 2.24) is 0 Å². The molecule has 0 bridgehead atoms. The quantitative estimate of drug-likeness (QED) is 0.851. The van der Waals surface area contributed by atoms with E-state index < -0.39 is 0 Å². The lowest BCUT2D eigenvalue weighted by atomic mass is 10.1. The van der Waals surface area contributed by atoms with Crippen molar-refractivity contribution in [3.05, 3.63) is 40.4 Å². The van der Waals surface area contributed by atoms with Crippen LogP contribution >= 0.6 is 15.9 Å². The number of nitrogens with two attached hydrogens (primary N) is 1. The van der Waals surface area contributed by atoms with Crippen molar-refractivity contribution in [3.8, 4) is 5.75 Å². The first kappa shape index (κ1) is 12.3. The molecule has 82 valence electrons. The SMILES string of the molecule is C/C=C/COc1cc(Br)ccc1C(C)N. The summed E-state index contributed by atoms with van der Waals surface area (Å²) in [6.45, 7) is 4.50. The molecular formula is C12H16BrNO. The van der Waals surface area contributed by atoms with E-state index in [1.54, 1.807) is 0 Å². The van der Waals surface area contributed by atoms with Gasteiger partial charge in [-0.2, -0.15) is 0 Å². The van der Waals surface area contributed by atoms with Gasteiger partial charge in [0.15, 0.2) is 0 Å². The highest BCUT2D eigenvalue weighted by atomic mass is 79.9. The van der Waals surface area contributed by atoms with Gasteiger partial charge in [0.05, 0.1) is 0 Å². The minimum atomic E-state index is -0.0151. The lowest BCUT2D eigenvalue weighted by Gasteiger charge is -2.13. The van der Waals surface area contributed by atoms with E-state index in [0.29, 0.717) is 6.61 Å². The van der Waals surface area contributed by atoms with Crippen molar-refractivity contribution < 1.29 is 4.74 Å². The fraction of sp³-hybridized carbons (Fsp3) is 0.333. The van der Waals surface area contributed by atoms with Crippen LogP contribution in [0.4, 0.5) is 0 Å². The number of benzene rings is 1. The molecule has 0 amide bonds. The number of halogens is 1. The van der Waals surface area contributed by atoms with Crippen LogP contribution in [0.2, 0.25) is 0 Å². The van der Waals surface area contributed by atoms with Crippen LogP contribution in [0.3, 0.4) is 0 Å². The van der Waals surface area contributed by atoms with Crippen LogP contribution in [0.15, 0.2) is 34.8 Å². The molecule has 0 saturated heterocycles. The van der Waals surface area contributed by atoms with Crippen molar-refractivity contribution in [3.63, 3.8) is 0 Å². The van der Waals surface area contributed by atoms with E-state index in [1.807, 2.05) is 44.2 Å². The zero-order valence-corrected chi connectivity index (χ0v) is 10.6. The van der Waals surface area contributed by atoms with Gasteiger partial charge in [-0.3, -0.25) is 0 Å². The molecule has 0 aliphatic heterocycles. The molecule has 1 atom stereocenters. The van der Waals surface area contributed by atoms with Crippen molar-refractivity contribution >= 4 is 15.9 Å². The van der Waals surface area contributed by atoms with Crippen molar-refractivity contribution in [2.75, 3.05) is 6.61 Å². The fourth-order valence-corrected chi connectivity index (χ4v) is 1.58. The van der Waals surface area contributed by atoms with Gasteiger partial charge in [-0.15, -0.1) is 0 Å². The molecule has 2 N–H and O–H groups in total. The topological polar surface area (TPSA) is 35.2 Å². The van der Waals surface area contributed by atoms with Gasteiger partial charge in [-0.05, 0) is 26.0 Å². The molecule has 1 aromatic carbocycles. The molecular weight excluding hydrogens is 254 g/mol. The molecule has 1 rings (SSSR count). The van der Waals surface area contributed by atoms with E-state index in [9.17, 15) is 0 Å². The lowest BCUT2D eigenvalue weighted by molar-refractivity contribution is 0.356. The van der Waals surface area contributed by atoms with E-state index in [1.165, 1.54) is 0 Å². The Morgan fingerprint density at radius 3 is 2.87 bits per heavy atom. The Hall–Kier alpha value is -0.800. The molecule has 1 unspecified atom stereocenters. The van der Waals surface area contributed by atoms with Crippen molar-refractivity contribution in [1.29, 1.82) is 0 Å². The van der Waals surface area contributed by atoms with Crippen LogP contribution in [-0.4, -0.2) is 6.61 Å². The summed E-state index contributed by atoms with van der Waals surface area (Å²) in [5.41, 5.74) is 6.89. The molecule has 15 heavy (non-hydrogen) atoms. The summed E-state index contributed by atoms with van der Waals surface area (Å²) in [6.07, 6.45) is 3.93. The molecule has 0 radical (unpaired) electrons. The molecule has 0 heterocycles. The predicted octanol–water partition coefficient (Wildman–Crippen LogP) is 3.42. The standard InChI is InChI=1S/C12H16BrNO/c1-3-4-7-15-12-8-10(13)5-6-11(12)9(2)14/h3-6,8-9H,7,14H2,1-2H3/b4-3+. The molecule has 0 saturated carbocycles. The van der Waals surface area contributed by atoms with Crippen LogP contribution in [0.25, 0.3) is 0 Å². The van der Waals surface area contributed by atoms with Crippen LogP contribution in [0.5, 0.6) is 5.75 Å². The van der Waals surface area contributed by atoms with Crippen molar-refractivity contribution in [2.24, 2.45) is 5.73 Å². The zero-order valence-electron chi connectivity index (χ0n) is 9.03. The van der Waals surface area contributed by atoms with E-state index >= 15 is 0 Å². The Balaban J connectivity index is 2.86. The number of allylic oxidation sites excluding steroid dienone is 1. The average Bonchev–Trinajstić information content (AvgIpc) is 2.18. The van der Waals surface area contributed by atoms with Gasteiger partial charge in [0, 0.05) is 16.1 Å². The molecule has 1 aromatic rings. The van der Waals surface area contributed by atoms with Gasteiger partial charge >= 0.3 is 0 Å². The summed E-state index contributed by atoms with van der Waals surface area (Å²) in [7, 11) is 0. The first-order valence-electron chi connectivity index (χ1n) is 4.94. The number of ether oxygens (including phenoxy) is 1. The minimum Gasteiger partial charge on any atom is -0.489 e. The third kappa shape index (κ3) is 3.68. The second-order valence-electron chi connectivity index (χ2n) is 3.35. The first-order chi connectivity index (χ1) is 7.15. The summed E-state index contributed by atoms with van der Waals surface area (Å²) in [4.78, 5) is 0. The lowest BCUT2D eigenvalue weighted by Crippen LogP contribution is -2.08. The third-order valence-corrected chi connectivity index (χ3v) is 2.53. The molecule has 3 heteroatoms. The molecule has 0 spiro atoms. The average molecular weight is 270 g/mol. The maximum Gasteiger partial charge on any atom is 0.125 e. The third-order valence-electron chi connectivity index (χ3n) is 2.04. The van der Waals surface area contributed by atoms with Gasteiger partial charge in [0.25, 0.3) is 0 Å². The van der Waals surface area contributed by atoms with E-state index in [-0.39, 0.29) is 6.04 Å². The molecule has 2 nitrogen and oxygen atoms in total. The van der Waals surface area contributed by atoms with Gasteiger partial charge in [0.1, 0.15) is 12.4 Å². The second-order valence-corrected chi connectivity index (χ2v) is 4.27. The highest BCUT2D eigenvalue weighted by Gasteiger charge is 2.07. The summed E-state index contributed by atoms with van der Waals surface area (Å²) in [6, 6.07) is 5.89. The fourth-order valence-electron chi connectivity index (χ4n) is 1.24. The van der Waals surface area contributed by atoms with Crippen molar-refractivity contribution in [2.45, 2.75) is 19.9 Å². The number of rotatable bonds is 4. The van der Waals surface area contributed by atoms with Crippen LogP contribution in [-0.2, 0) is 0 Å². The van der Waals surface area contributed by atoms with Gasteiger partial charge in [0.2, 0.25) is 0 Å². The van der Waals surface area contributed by atoms with Gasteiger partial charge in [-0.1, -0.05) is 34.1 Å². The van der Waals surface area contributed by atoms with Crippen LogP contribution in [0, 0.1) is 0 Å². The number of hydrogen-bond acceptors (Lipinski definition) is 2. The Morgan fingerprint density at radius 2 is 2.27 bits per heavy atom. The maximum absolute atomic E-state index is 5.86. The molecule has 0 fully saturated rings. The van der Waals surface area contributed by atoms with Gasteiger partial charge in [-0.25, -0.2) is 0 Å². The van der Waals surface area contributed by atoms with Crippen LogP contribution in [0.1, 0.15) is 25.5 Å². The monoisotopic (exact) mass is 269 g/mol. The highest BCUT2D eigenvalue weighted by Crippen LogP contribution is 2.27. The normalized spacial score (nSPS) is 13.1. The van der Waals surface area contributed by atoms with Crippen LogP contribution < -0.4 is 10.5 Å². The maximum atomic E-state index is 5.86. The summed E-state index contributed by atoms with van der Waals surface area (Å²) >= 11 is 3.42. The first-order valence-corrected chi connectivity index (χ1v) is 5.73. The Bertz CT molecular complexity index is 347. The molecule has 0 aliphatic carbocycles. The van der Waals surface area contributed by atoms with E-state index in [2.05, 4.69) is 15.9 Å². The zero-order chi connectivity index (χ0) is 11.3. The van der Waals surface area contributed by atoms with Gasteiger partial charge < -0.3 is 10.5 Å². The summed E-state index contributed by atoms with van der Waals surface area (Å²) < 4.78 is 6.63. The largest absolute Gasteiger partial charge is 0.489 e. The summed E-state index contributed by atoms with van der Waals surface area (Å²) in [5, 5.41) is 0. The highest BCUT2D eigenvalue weighted by molar-refractivity contribution is 9.10. The minimum absolute atomic E-state index is 0.0151. The Kier molecular flexibility index (Phi) is 4.85. The Labute approximate surface area is 99.3 Å². The Morgan fingerprint density at radius 1 is 1.53 bits per heavy atom. The molecule has 0 aromatic heterocycles. The predicted molar refractivity (Wildman–Crippen MR) is 67.1 cm³/mol. The van der Waals surface area contributed by atoms with E-state index in [4.69, 9.17) is 10.5 Å². The van der Waals surface area contributed by atoms with E-state index in [0.717, 1.165) is 15.8 Å². The summed E-state index contributed by atoms with van der Waals surface area (Å²) in [5.74, 6) is 0.845. The smallest absolute Gasteiger partial charge is 0.125 e. The number of hydrogen-bond donors (Lipinski definition) is 1. The molecule has 0 aliphatic rings.